The first kappa shape index (κ1) is 12.2. The van der Waals surface area contributed by atoms with Crippen molar-refractivity contribution in [2.75, 3.05) is 13.7 Å². The van der Waals surface area contributed by atoms with Crippen molar-refractivity contribution < 1.29 is 29.2 Å². The molecule has 6 atom stereocenters. The van der Waals surface area contributed by atoms with Crippen molar-refractivity contribution in [1.29, 1.82) is 0 Å². The Kier molecular flexibility index (Phi) is 3.78. The lowest BCUT2D eigenvalue weighted by Gasteiger charge is -2.45. The van der Waals surface area contributed by atoms with E-state index >= 15 is 0 Å². The average molecular weight is 234 g/mol. The fraction of sp³-hybridized carbons (Fsp3) is 1.00. The van der Waals surface area contributed by atoms with Crippen molar-refractivity contribution in [2.45, 2.75) is 50.3 Å². The van der Waals surface area contributed by atoms with Crippen LogP contribution < -0.4 is 0 Å². The Morgan fingerprint density at radius 2 is 2.00 bits per heavy atom. The third kappa shape index (κ3) is 2.09. The lowest BCUT2D eigenvalue weighted by atomic mass is 9.98. The summed E-state index contributed by atoms with van der Waals surface area (Å²) < 4.78 is 21.2. The number of aliphatic hydroxyl groups is 2. The molecular formula is C10H18O6. The van der Waals surface area contributed by atoms with Crippen LogP contribution in [0.5, 0.6) is 0 Å². The third-order valence-corrected chi connectivity index (χ3v) is 2.96. The maximum atomic E-state index is 9.90. The Balaban J connectivity index is 2.05. The topological polar surface area (TPSA) is 77.4 Å². The lowest BCUT2D eigenvalue weighted by Crippen LogP contribution is -2.63. The maximum absolute atomic E-state index is 9.90. The number of ether oxygens (including phenoxy) is 4. The molecule has 2 aliphatic heterocycles. The molecule has 0 bridgehead atoms. The second-order valence-electron chi connectivity index (χ2n) is 4.03. The molecule has 0 aromatic heterocycles. The van der Waals surface area contributed by atoms with E-state index in [9.17, 15) is 10.2 Å². The lowest BCUT2D eigenvalue weighted by molar-refractivity contribution is -0.355. The van der Waals surface area contributed by atoms with Crippen LogP contribution >= 0.6 is 0 Å². The Hall–Kier alpha value is -0.240. The minimum atomic E-state index is -1.10. The Morgan fingerprint density at radius 1 is 1.25 bits per heavy atom. The average Bonchev–Trinajstić information content (AvgIpc) is 2.33. The number of aliphatic hydroxyl groups excluding tert-OH is 2. The predicted molar refractivity (Wildman–Crippen MR) is 52.6 cm³/mol. The summed E-state index contributed by atoms with van der Waals surface area (Å²) in [6.07, 6.45) is -3.54. The molecular weight excluding hydrogens is 216 g/mol. The van der Waals surface area contributed by atoms with Crippen LogP contribution in [0.3, 0.4) is 0 Å². The molecule has 0 spiro atoms. The summed E-state index contributed by atoms with van der Waals surface area (Å²) in [5.74, 6) is 0. The van der Waals surface area contributed by atoms with Crippen molar-refractivity contribution in [1.82, 2.24) is 0 Å². The molecule has 3 unspecified atom stereocenters. The fourth-order valence-corrected chi connectivity index (χ4v) is 2.03. The summed E-state index contributed by atoms with van der Waals surface area (Å²) in [6, 6.07) is 0. The van der Waals surface area contributed by atoms with E-state index in [1.807, 2.05) is 6.92 Å². The smallest absolute Gasteiger partial charge is 0.186 e. The Bertz CT molecular complexity index is 233. The molecule has 94 valence electrons. The Morgan fingerprint density at radius 3 is 2.62 bits per heavy atom. The minimum Gasteiger partial charge on any atom is -0.387 e. The second-order valence-corrected chi connectivity index (χ2v) is 4.03. The molecule has 6 heteroatoms. The van der Waals surface area contributed by atoms with Gasteiger partial charge in [-0.25, -0.2) is 0 Å². The van der Waals surface area contributed by atoms with Gasteiger partial charge in [0.15, 0.2) is 12.6 Å². The molecule has 6 nitrogen and oxygen atoms in total. The van der Waals surface area contributed by atoms with Crippen LogP contribution in [-0.2, 0) is 18.9 Å². The van der Waals surface area contributed by atoms with E-state index in [-0.39, 0.29) is 6.29 Å². The van der Waals surface area contributed by atoms with Gasteiger partial charge < -0.3 is 29.2 Å². The van der Waals surface area contributed by atoms with E-state index in [0.29, 0.717) is 13.0 Å². The number of rotatable bonds is 2. The SMILES string of the molecule is CCC1OCC2O[C@H](OC)C(O)[C@@H](O)[C@@H]2O1. The molecule has 2 saturated heterocycles. The molecule has 2 aliphatic rings. The molecule has 2 fully saturated rings. The molecule has 2 N–H and O–H groups in total. The van der Waals surface area contributed by atoms with Gasteiger partial charge in [-0.1, -0.05) is 6.92 Å². The van der Waals surface area contributed by atoms with E-state index in [4.69, 9.17) is 18.9 Å². The molecule has 0 amide bonds. The highest BCUT2D eigenvalue weighted by molar-refractivity contribution is 4.92. The van der Waals surface area contributed by atoms with Crippen molar-refractivity contribution in [3.63, 3.8) is 0 Å². The number of methoxy groups -OCH3 is 1. The summed E-state index contributed by atoms with van der Waals surface area (Å²) in [5.41, 5.74) is 0. The van der Waals surface area contributed by atoms with Gasteiger partial charge in [-0.2, -0.15) is 0 Å². The van der Waals surface area contributed by atoms with Gasteiger partial charge in [0.2, 0.25) is 0 Å². The first-order valence-corrected chi connectivity index (χ1v) is 5.48. The second kappa shape index (κ2) is 4.95. The van der Waals surface area contributed by atoms with Crippen molar-refractivity contribution in [3.05, 3.63) is 0 Å². The first-order chi connectivity index (χ1) is 7.67. The zero-order valence-corrected chi connectivity index (χ0v) is 9.41. The van der Waals surface area contributed by atoms with Gasteiger partial charge in [0.05, 0.1) is 6.61 Å². The minimum absolute atomic E-state index is 0.340. The van der Waals surface area contributed by atoms with E-state index in [0.717, 1.165) is 0 Å². The Labute approximate surface area is 94.1 Å². The summed E-state index contributed by atoms with van der Waals surface area (Å²) in [6.45, 7) is 2.27. The van der Waals surface area contributed by atoms with E-state index < -0.39 is 30.7 Å². The van der Waals surface area contributed by atoms with Gasteiger partial charge in [-0.3, -0.25) is 0 Å². The number of hydrogen-bond donors (Lipinski definition) is 2. The van der Waals surface area contributed by atoms with Gasteiger partial charge in [-0.05, 0) is 6.42 Å². The number of fused-ring (bicyclic) bond motifs is 1. The summed E-state index contributed by atoms with van der Waals surface area (Å²) in [5, 5.41) is 19.6. The molecule has 2 heterocycles. The zero-order valence-electron chi connectivity index (χ0n) is 9.41. The standard InChI is InChI=1S/C10H18O6/c1-3-6-14-4-5-9(16-6)7(11)8(12)10(13-2)15-5/h5-12H,3-4H2,1-2H3/t5?,6?,7-,8?,9-,10+/m1/s1. The highest BCUT2D eigenvalue weighted by Gasteiger charge is 2.48. The van der Waals surface area contributed by atoms with Crippen molar-refractivity contribution >= 4 is 0 Å². The van der Waals surface area contributed by atoms with Crippen molar-refractivity contribution in [3.8, 4) is 0 Å². The molecule has 0 aliphatic carbocycles. The molecule has 0 saturated carbocycles. The van der Waals surface area contributed by atoms with Crippen molar-refractivity contribution in [2.24, 2.45) is 0 Å². The van der Waals surface area contributed by atoms with Crippen LogP contribution in [0, 0.1) is 0 Å². The molecule has 0 radical (unpaired) electrons. The van der Waals surface area contributed by atoms with Gasteiger partial charge in [-0.15, -0.1) is 0 Å². The summed E-state index contributed by atoms with van der Waals surface area (Å²) in [7, 11) is 1.42. The van der Waals surface area contributed by atoms with Crippen LogP contribution in [0.25, 0.3) is 0 Å². The fourth-order valence-electron chi connectivity index (χ4n) is 2.03. The monoisotopic (exact) mass is 234 g/mol. The maximum Gasteiger partial charge on any atom is 0.186 e. The predicted octanol–water partition coefficient (Wildman–Crippen LogP) is -0.769. The molecule has 0 aromatic rings. The largest absolute Gasteiger partial charge is 0.387 e. The highest BCUT2D eigenvalue weighted by atomic mass is 16.7. The van der Waals surface area contributed by atoms with Gasteiger partial charge >= 0.3 is 0 Å². The van der Waals surface area contributed by atoms with E-state index in [1.54, 1.807) is 0 Å². The van der Waals surface area contributed by atoms with Crippen LogP contribution in [0.2, 0.25) is 0 Å². The van der Waals surface area contributed by atoms with Gasteiger partial charge in [0, 0.05) is 7.11 Å². The first-order valence-electron chi connectivity index (χ1n) is 5.48. The van der Waals surface area contributed by atoms with E-state index in [1.165, 1.54) is 7.11 Å². The third-order valence-electron chi connectivity index (χ3n) is 2.96. The van der Waals surface area contributed by atoms with Gasteiger partial charge in [0.25, 0.3) is 0 Å². The highest BCUT2D eigenvalue weighted by Crippen LogP contribution is 2.29. The van der Waals surface area contributed by atoms with Crippen LogP contribution in [0.4, 0.5) is 0 Å². The van der Waals surface area contributed by atoms with Crippen LogP contribution in [0.15, 0.2) is 0 Å². The summed E-state index contributed by atoms with van der Waals surface area (Å²) >= 11 is 0. The zero-order chi connectivity index (χ0) is 11.7. The van der Waals surface area contributed by atoms with Crippen LogP contribution in [-0.4, -0.2) is 60.9 Å². The quantitative estimate of drug-likeness (QED) is 0.653. The molecule has 2 rings (SSSR count). The number of hydrogen-bond acceptors (Lipinski definition) is 6. The molecule has 16 heavy (non-hydrogen) atoms. The van der Waals surface area contributed by atoms with Crippen LogP contribution in [0.1, 0.15) is 13.3 Å². The molecule has 0 aromatic carbocycles. The summed E-state index contributed by atoms with van der Waals surface area (Å²) in [4.78, 5) is 0. The normalized spacial score (nSPS) is 48.8. The van der Waals surface area contributed by atoms with Gasteiger partial charge in [0.1, 0.15) is 24.4 Å². The van der Waals surface area contributed by atoms with E-state index in [2.05, 4.69) is 0 Å².